The first-order chi connectivity index (χ1) is 9.02. The molecule has 1 aromatic rings. The van der Waals surface area contributed by atoms with E-state index < -0.39 is 0 Å². The van der Waals surface area contributed by atoms with Crippen LogP contribution in [0.5, 0.6) is 0 Å². The lowest BCUT2D eigenvalue weighted by molar-refractivity contribution is -0.385. The first-order valence-corrected chi connectivity index (χ1v) is 6.21. The Morgan fingerprint density at radius 2 is 2.21 bits per heavy atom. The van der Waals surface area contributed by atoms with Crippen molar-refractivity contribution in [1.82, 2.24) is 5.32 Å². The van der Waals surface area contributed by atoms with Crippen LogP contribution in [0.15, 0.2) is 36.4 Å². The number of hydrogen-bond acceptors (Lipinski definition) is 4. The molecule has 0 saturated carbocycles. The number of nitro benzene ring substituents is 1. The third-order valence-corrected chi connectivity index (χ3v) is 2.65. The molecule has 5 nitrogen and oxygen atoms in total. The van der Waals surface area contributed by atoms with E-state index in [4.69, 9.17) is 4.74 Å². The van der Waals surface area contributed by atoms with Gasteiger partial charge in [-0.25, -0.2) is 0 Å². The summed E-state index contributed by atoms with van der Waals surface area (Å²) in [6.07, 6.45) is 0. The maximum atomic E-state index is 10.9. The van der Waals surface area contributed by atoms with Gasteiger partial charge in [0.15, 0.2) is 0 Å². The summed E-state index contributed by atoms with van der Waals surface area (Å²) in [7, 11) is 0. The van der Waals surface area contributed by atoms with Crippen molar-refractivity contribution in [1.29, 1.82) is 0 Å². The Labute approximate surface area is 113 Å². The summed E-state index contributed by atoms with van der Waals surface area (Å²) < 4.78 is 5.36. The Morgan fingerprint density at radius 3 is 2.84 bits per heavy atom. The molecule has 0 aliphatic carbocycles. The summed E-state index contributed by atoms with van der Waals surface area (Å²) in [6.45, 7) is 9.29. The highest BCUT2D eigenvalue weighted by molar-refractivity contribution is 5.41. The smallest absolute Gasteiger partial charge is 0.274 e. The standard InChI is InChI=1S/C14H20N2O3/c1-11(2)10-19-9-8-15-12(3)13-6-4-5-7-14(13)16(17)18/h4-7,12,15H,1,8-10H2,2-3H3. The highest BCUT2D eigenvalue weighted by Gasteiger charge is 2.17. The zero-order valence-electron chi connectivity index (χ0n) is 11.4. The van der Waals surface area contributed by atoms with Gasteiger partial charge in [-0.2, -0.15) is 0 Å². The van der Waals surface area contributed by atoms with Gasteiger partial charge in [-0.05, 0) is 13.8 Å². The predicted octanol–water partition coefficient (Wildman–Crippen LogP) is 2.84. The molecule has 1 aromatic carbocycles. The summed E-state index contributed by atoms with van der Waals surface area (Å²) in [6, 6.07) is 6.67. The fourth-order valence-electron chi connectivity index (χ4n) is 1.72. The molecule has 0 spiro atoms. The molecule has 0 aromatic heterocycles. The van der Waals surface area contributed by atoms with Crippen LogP contribution in [-0.2, 0) is 4.74 Å². The minimum atomic E-state index is -0.356. The summed E-state index contributed by atoms with van der Waals surface area (Å²) in [5, 5.41) is 14.1. The number of nitrogens with one attached hydrogen (secondary N) is 1. The molecule has 19 heavy (non-hydrogen) atoms. The van der Waals surface area contributed by atoms with E-state index in [-0.39, 0.29) is 16.7 Å². The van der Waals surface area contributed by atoms with Crippen LogP contribution in [0.25, 0.3) is 0 Å². The summed E-state index contributed by atoms with van der Waals surface area (Å²) in [5.41, 5.74) is 1.81. The second-order valence-corrected chi connectivity index (χ2v) is 4.50. The normalized spacial score (nSPS) is 12.1. The van der Waals surface area contributed by atoms with Gasteiger partial charge in [-0.1, -0.05) is 30.4 Å². The van der Waals surface area contributed by atoms with Crippen molar-refractivity contribution in [2.75, 3.05) is 19.8 Å². The minimum absolute atomic E-state index is 0.0879. The van der Waals surface area contributed by atoms with Gasteiger partial charge in [-0.3, -0.25) is 10.1 Å². The largest absolute Gasteiger partial charge is 0.376 e. The van der Waals surface area contributed by atoms with E-state index >= 15 is 0 Å². The highest BCUT2D eigenvalue weighted by Crippen LogP contribution is 2.23. The minimum Gasteiger partial charge on any atom is -0.376 e. The number of ether oxygens (including phenoxy) is 1. The van der Waals surface area contributed by atoms with Gasteiger partial charge in [0.05, 0.1) is 18.1 Å². The van der Waals surface area contributed by atoms with Crippen molar-refractivity contribution < 1.29 is 9.66 Å². The molecular formula is C14H20N2O3. The highest BCUT2D eigenvalue weighted by atomic mass is 16.6. The van der Waals surface area contributed by atoms with Crippen molar-refractivity contribution in [2.45, 2.75) is 19.9 Å². The molecule has 104 valence electrons. The molecule has 1 rings (SSSR count). The molecule has 0 fully saturated rings. The second kappa shape index (κ2) is 7.66. The van der Waals surface area contributed by atoms with Gasteiger partial charge in [0, 0.05) is 24.2 Å². The monoisotopic (exact) mass is 264 g/mol. The summed E-state index contributed by atoms with van der Waals surface area (Å²) in [5.74, 6) is 0. The Balaban J connectivity index is 2.47. The third-order valence-electron chi connectivity index (χ3n) is 2.65. The van der Waals surface area contributed by atoms with Crippen molar-refractivity contribution in [3.8, 4) is 0 Å². The van der Waals surface area contributed by atoms with Gasteiger partial charge in [-0.15, -0.1) is 0 Å². The number of para-hydroxylation sites is 1. The van der Waals surface area contributed by atoms with Crippen LogP contribution in [0.4, 0.5) is 5.69 Å². The summed E-state index contributed by atoms with van der Waals surface area (Å²) in [4.78, 5) is 10.6. The SMILES string of the molecule is C=C(C)COCCNC(C)c1ccccc1[N+](=O)[O-]. The maximum Gasteiger partial charge on any atom is 0.274 e. The van der Waals surface area contributed by atoms with Crippen molar-refractivity contribution in [2.24, 2.45) is 0 Å². The summed E-state index contributed by atoms with van der Waals surface area (Å²) >= 11 is 0. The number of nitrogens with zero attached hydrogens (tertiary/aromatic N) is 1. The van der Waals surface area contributed by atoms with Crippen LogP contribution in [0.1, 0.15) is 25.5 Å². The molecule has 0 saturated heterocycles. The van der Waals surface area contributed by atoms with Gasteiger partial charge < -0.3 is 10.1 Å². The number of nitro groups is 1. The van der Waals surface area contributed by atoms with Crippen LogP contribution >= 0.6 is 0 Å². The molecule has 1 N–H and O–H groups in total. The lowest BCUT2D eigenvalue weighted by Gasteiger charge is -2.14. The molecule has 0 bridgehead atoms. The molecule has 0 radical (unpaired) electrons. The Kier molecular flexibility index (Phi) is 6.18. The lowest BCUT2D eigenvalue weighted by atomic mass is 10.1. The van der Waals surface area contributed by atoms with E-state index in [0.29, 0.717) is 25.3 Å². The van der Waals surface area contributed by atoms with E-state index in [9.17, 15) is 10.1 Å². The predicted molar refractivity (Wildman–Crippen MR) is 75.1 cm³/mol. The fourth-order valence-corrected chi connectivity index (χ4v) is 1.72. The quantitative estimate of drug-likeness (QED) is 0.339. The van der Waals surface area contributed by atoms with Gasteiger partial charge in [0.2, 0.25) is 0 Å². The molecule has 0 aliphatic rings. The van der Waals surface area contributed by atoms with Crippen LogP contribution in [-0.4, -0.2) is 24.7 Å². The molecule has 0 heterocycles. The Morgan fingerprint density at radius 1 is 1.53 bits per heavy atom. The molecule has 0 aliphatic heterocycles. The lowest BCUT2D eigenvalue weighted by Crippen LogP contribution is -2.24. The number of rotatable bonds is 8. The Hall–Kier alpha value is -1.72. The van der Waals surface area contributed by atoms with Crippen molar-refractivity contribution >= 4 is 5.69 Å². The van der Waals surface area contributed by atoms with E-state index in [1.807, 2.05) is 13.8 Å². The van der Waals surface area contributed by atoms with Gasteiger partial charge in [0.25, 0.3) is 5.69 Å². The van der Waals surface area contributed by atoms with E-state index in [1.165, 1.54) is 6.07 Å². The molecule has 1 unspecified atom stereocenters. The first kappa shape index (κ1) is 15.3. The molecule has 1 atom stereocenters. The van der Waals surface area contributed by atoms with Gasteiger partial charge >= 0.3 is 0 Å². The Bertz CT molecular complexity index is 446. The van der Waals surface area contributed by atoms with Crippen LogP contribution in [0.3, 0.4) is 0 Å². The van der Waals surface area contributed by atoms with Crippen LogP contribution in [0, 0.1) is 10.1 Å². The first-order valence-electron chi connectivity index (χ1n) is 6.21. The fraction of sp³-hybridized carbons (Fsp3) is 0.429. The number of hydrogen-bond donors (Lipinski definition) is 1. The molecular weight excluding hydrogens is 244 g/mol. The van der Waals surface area contributed by atoms with E-state index in [2.05, 4.69) is 11.9 Å². The average molecular weight is 264 g/mol. The maximum absolute atomic E-state index is 10.9. The van der Waals surface area contributed by atoms with Crippen molar-refractivity contribution in [3.63, 3.8) is 0 Å². The van der Waals surface area contributed by atoms with Gasteiger partial charge in [0.1, 0.15) is 0 Å². The van der Waals surface area contributed by atoms with E-state index in [0.717, 1.165) is 5.57 Å². The zero-order valence-corrected chi connectivity index (χ0v) is 11.4. The topological polar surface area (TPSA) is 64.4 Å². The van der Waals surface area contributed by atoms with Crippen molar-refractivity contribution in [3.05, 3.63) is 52.1 Å². The third kappa shape index (κ3) is 5.19. The molecule has 5 heteroatoms. The van der Waals surface area contributed by atoms with Crippen LogP contribution < -0.4 is 5.32 Å². The average Bonchev–Trinajstić information content (AvgIpc) is 2.37. The second-order valence-electron chi connectivity index (χ2n) is 4.50. The zero-order chi connectivity index (χ0) is 14.3. The molecule has 0 amide bonds. The van der Waals surface area contributed by atoms with E-state index in [1.54, 1.807) is 18.2 Å². The number of benzene rings is 1. The van der Waals surface area contributed by atoms with Crippen LogP contribution in [0.2, 0.25) is 0 Å².